The first-order chi connectivity index (χ1) is 6.29. The smallest absolute Gasteiger partial charge is 0.259 e. The summed E-state index contributed by atoms with van der Waals surface area (Å²) in [6.07, 6.45) is 0. The Kier molecular flexibility index (Phi) is 2.12. The van der Waals surface area contributed by atoms with E-state index in [0.717, 1.165) is 11.3 Å². The van der Waals surface area contributed by atoms with Crippen LogP contribution in [0.15, 0.2) is 22.3 Å². The van der Waals surface area contributed by atoms with E-state index < -0.39 is 5.91 Å². The van der Waals surface area contributed by atoms with Gasteiger partial charge in [-0.25, -0.2) is 4.98 Å². The van der Waals surface area contributed by atoms with E-state index in [1.165, 1.54) is 22.7 Å². The third-order valence-electron chi connectivity index (χ3n) is 1.60. The number of thiophene rings is 1. The molecule has 66 valence electrons. The molecule has 3 nitrogen and oxygen atoms in total. The van der Waals surface area contributed by atoms with Crippen LogP contribution >= 0.6 is 22.7 Å². The first-order valence-corrected chi connectivity index (χ1v) is 5.37. The first-order valence-electron chi connectivity index (χ1n) is 3.55. The summed E-state index contributed by atoms with van der Waals surface area (Å²) in [5, 5.41) is 3.74. The van der Waals surface area contributed by atoms with Crippen LogP contribution < -0.4 is 5.73 Å². The van der Waals surface area contributed by atoms with Gasteiger partial charge in [-0.05, 0) is 11.4 Å². The zero-order chi connectivity index (χ0) is 9.26. The van der Waals surface area contributed by atoms with Gasteiger partial charge in [-0.15, -0.1) is 22.7 Å². The molecule has 0 spiro atoms. The molecule has 0 saturated carbocycles. The highest BCUT2D eigenvalue weighted by Gasteiger charge is 2.12. The highest BCUT2D eigenvalue weighted by Crippen LogP contribution is 2.27. The fraction of sp³-hybridized carbons (Fsp3) is 0. The Labute approximate surface area is 82.9 Å². The molecule has 0 fully saturated rings. The van der Waals surface area contributed by atoms with Gasteiger partial charge in [0.05, 0.1) is 11.2 Å². The van der Waals surface area contributed by atoms with Crippen molar-refractivity contribution in [2.45, 2.75) is 0 Å². The largest absolute Gasteiger partial charge is 0.365 e. The van der Waals surface area contributed by atoms with Gasteiger partial charge in [0.15, 0.2) is 0 Å². The summed E-state index contributed by atoms with van der Waals surface area (Å²) in [6, 6.07) is 1.86. The van der Waals surface area contributed by atoms with Crippen molar-refractivity contribution in [1.82, 2.24) is 4.98 Å². The minimum Gasteiger partial charge on any atom is -0.365 e. The van der Waals surface area contributed by atoms with E-state index in [2.05, 4.69) is 4.98 Å². The summed E-state index contributed by atoms with van der Waals surface area (Å²) in [5.74, 6) is -0.391. The summed E-state index contributed by atoms with van der Waals surface area (Å²) >= 11 is 2.85. The molecule has 2 rings (SSSR count). The zero-order valence-electron chi connectivity index (χ0n) is 6.56. The average molecular weight is 210 g/mol. The van der Waals surface area contributed by atoms with Crippen molar-refractivity contribution in [3.8, 4) is 11.3 Å². The molecule has 1 amide bonds. The number of primary amides is 1. The Morgan fingerprint density at radius 3 is 3.00 bits per heavy atom. The third-order valence-corrected chi connectivity index (χ3v) is 3.11. The highest BCUT2D eigenvalue weighted by molar-refractivity contribution is 7.12. The molecule has 0 aliphatic heterocycles. The number of amides is 1. The number of rotatable bonds is 2. The van der Waals surface area contributed by atoms with Gasteiger partial charge in [0.2, 0.25) is 0 Å². The maximum absolute atomic E-state index is 11.0. The second-order valence-electron chi connectivity index (χ2n) is 2.40. The summed E-state index contributed by atoms with van der Waals surface area (Å²) in [5.41, 5.74) is 8.60. The highest BCUT2D eigenvalue weighted by atomic mass is 32.1. The van der Waals surface area contributed by atoms with Gasteiger partial charge >= 0.3 is 0 Å². The molecule has 0 radical (unpaired) electrons. The van der Waals surface area contributed by atoms with E-state index in [1.54, 1.807) is 5.51 Å². The van der Waals surface area contributed by atoms with E-state index in [9.17, 15) is 4.79 Å². The van der Waals surface area contributed by atoms with Crippen molar-refractivity contribution >= 4 is 28.6 Å². The molecule has 2 N–H and O–H groups in total. The number of hydrogen-bond donors (Lipinski definition) is 1. The van der Waals surface area contributed by atoms with Crippen LogP contribution in [0.3, 0.4) is 0 Å². The summed E-state index contributed by atoms with van der Waals surface area (Å²) in [7, 11) is 0. The molecule has 0 aliphatic carbocycles. The Morgan fingerprint density at radius 2 is 2.38 bits per heavy atom. The van der Waals surface area contributed by atoms with Crippen molar-refractivity contribution in [2.24, 2.45) is 5.73 Å². The van der Waals surface area contributed by atoms with Crippen molar-refractivity contribution in [1.29, 1.82) is 0 Å². The topological polar surface area (TPSA) is 56.0 Å². The number of carbonyl (C=O) groups excluding carboxylic acids is 1. The third kappa shape index (κ3) is 1.48. The first kappa shape index (κ1) is 8.40. The van der Waals surface area contributed by atoms with Crippen molar-refractivity contribution < 1.29 is 4.79 Å². The second kappa shape index (κ2) is 3.27. The fourth-order valence-electron chi connectivity index (χ4n) is 1.05. The van der Waals surface area contributed by atoms with E-state index >= 15 is 0 Å². The van der Waals surface area contributed by atoms with E-state index in [0.29, 0.717) is 4.88 Å². The van der Waals surface area contributed by atoms with E-state index in [4.69, 9.17) is 5.73 Å². The lowest BCUT2D eigenvalue weighted by Crippen LogP contribution is -2.09. The number of hydrogen-bond acceptors (Lipinski definition) is 4. The van der Waals surface area contributed by atoms with Gasteiger partial charge in [0.25, 0.3) is 5.91 Å². The molecule has 5 heteroatoms. The van der Waals surface area contributed by atoms with Gasteiger partial charge < -0.3 is 5.73 Å². The molecule has 0 unspecified atom stereocenters. The van der Waals surface area contributed by atoms with Gasteiger partial charge in [-0.2, -0.15) is 0 Å². The molecular weight excluding hydrogens is 204 g/mol. The lowest BCUT2D eigenvalue weighted by Gasteiger charge is -1.94. The van der Waals surface area contributed by atoms with Crippen LogP contribution in [0.25, 0.3) is 11.3 Å². The van der Waals surface area contributed by atoms with Gasteiger partial charge in [0.1, 0.15) is 4.88 Å². The quantitative estimate of drug-likeness (QED) is 0.823. The van der Waals surface area contributed by atoms with Crippen LogP contribution in [-0.4, -0.2) is 10.9 Å². The molecular formula is C8H6N2OS2. The van der Waals surface area contributed by atoms with Crippen LogP contribution in [0, 0.1) is 0 Å². The van der Waals surface area contributed by atoms with Gasteiger partial charge in [0, 0.05) is 10.9 Å². The standard InChI is InChI=1S/C8H6N2OS2/c9-8(11)7-5(1-2-13-7)6-3-12-4-10-6/h1-4H,(H2,9,11). The van der Waals surface area contributed by atoms with E-state index in [1.807, 2.05) is 16.8 Å². The van der Waals surface area contributed by atoms with Gasteiger partial charge in [-0.1, -0.05) is 0 Å². The maximum Gasteiger partial charge on any atom is 0.259 e. The van der Waals surface area contributed by atoms with Crippen LogP contribution in [0.2, 0.25) is 0 Å². The predicted molar refractivity (Wildman–Crippen MR) is 53.9 cm³/mol. The summed E-state index contributed by atoms with van der Waals surface area (Å²) in [6.45, 7) is 0. The molecule has 2 aromatic rings. The van der Waals surface area contributed by atoms with E-state index in [-0.39, 0.29) is 0 Å². The van der Waals surface area contributed by atoms with Crippen LogP contribution in [0.5, 0.6) is 0 Å². The normalized spacial score (nSPS) is 10.2. The predicted octanol–water partition coefficient (Wildman–Crippen LogP) is 1.97. The van der Waals surface area contributed by atoms with Crippen molar-refractivity contribution in [3.63, 3.8) is 0 Å². The summed E-state index contributed by atoms with van der Waals surface area (Å²) < 4.78 is 0. The average Bonchev–Trinajstić information content (AvgIpc) is 2.74. The Hall–Kier alpha value is -1.20. The minimum absolute atomic E-state index is 0.391. The molecule has 0 bridgehead atoms. The molecule has 2 heterocycles. The van der Waals surface area contributed by atoms with Crippen molar-refractivity contribution in [3.05, 3.63) is 27.2 Å². The lowest BCUT2D eigenvalue weighted by molar-refractivity contribution is 0.100. The number of carbonyl (C=O) groups is 1. The monoisotopic (exact) mass is 210 g/mol. The van der Waals surface area contributed by atoms with Crippen LogP contribution in [-0.2, 0) is 0 Å². The maximum atomic E-state index is 11.0. The number of aromatic nitrogens is 1. The SMILES string of the molecule is NC(=O)c1sccc1-c1cscn1. The molecule has 0 aliphatic rings. The number of nitrogens with zero attached hydrogens (tertiary/aromatic N) is 1. The lowest BCUT2D eigenvalue weighted by atomic mass is 10.2. The molecule has 0 aromatic carbocycles. The second-order valence-corrected chi connectivity index (χ2v) is 4.04. The fourth-order valence-corrected chi connectivity index (χ4v) is 2.36. The zero-order valence-corrected chi connectivity index (χ0v) is 8.19. The van der Waals surface area contributed by atoms with Crippen LogP contribution in [0.4, 0.5) is 0 Å². The number of thiazole rings is 1. The molecule has 0 saturated heterocycles. The van der Waals surface area contributed by atoms with Crippen molar-refractivity contribution in [2.75, 3.05) is 0 Å². The summed E-state index contributed by atoms with van der Waals surface area (Å²) in [4.78, 5) is 15.7. The number of nitrogens with two attached hydrogens (primary N) is 1. The Morgan fingerprint density at radius 1 is 1.54 bits per heavy atom. The molecule has 2 aromatic heterocycles. The Bertz CT molecular complexity index is 419. The minimum atomic E-state index is -0.391. The molecule has 13 heavy (non-hydrogen) atoms. The van der Waals surface area contributed by atoms with Gasteiger partial charge in [-0.3, -0.25) is 4.79 Å². The molecule has 0 atom stereocenters. The Balaban J connectivity index is 2.52. The van der Waals surface area contributed by atoms with Crippen LogP contribution in [0.1, 0.15) is 9.67 Å².